The van der Waals surface area contributed by atoms with Crippen LogP contribution in [0.3, 0.4) is 0 Å². The molecule has 1 saturated heterocycles. The van der Waals surface area contributed by atoms with E-state index >= 15 is 0 Å². The van der Waals surface area contributed by atoms with Gasteiger partial charge in [-0.1, -0.05) is 18.2 Å². The number of thiophene rings is 1. The number of rotatable bonds is 5. The molecule has 1 fully saturated rings. The summed E-state index contributed by atoms with van der Waals surface area (Å²) in [5.41, 5.74) is 1.29. The molecule has 0 unspecified atom stereocenters. The molecule has 1 aliphatic rings. The highest BCUT2D eigenvalue weighted by Crippen LogP contribution is 2.21. The Labute approximate surface area is 151 Å². The topological polar surface area (TPSA) is 86.7 Å². The van der Waals surface area contributed by atoms with Gasteiger partial charge in [-0.25, -0.2) is 8.42 Å². The van der Waals surface area contributed by atoms with Crippen molar-refractivity contribution >= 4 is 33.0 Å². The molecule has 0 bridgehead atoms. The van der Waals surface area contributed by atoms with Crippen LogP contribution in [0.25, 0.3) is 0 Å². The highest BCUT2D eigenvalue weighted by atomic mass is 32.2. The van der Waals surface area contributed by atoms with E-state index in [-0.39, 0.29) is 22.6 Å². The molecular weight excluding hydrogens is 360 g/mol. The van der Waals surface area contributed by atoms with E-state index in [2.05, 4.69) is 4.72 Å². The molecule has 134 valence electrons. The summed E-state index contributed by atoms with van der Waals surface area (Å²) in [6.07, 6.45) is 1.21. The lowest BCUT2D eigenvalue weighted by Gasteiger charge is -2.29. The zero-order valence-electron chi connectivity index (χ0n) is 13.6. The summed E-state index contributed by atoms with van der Waals surface area (Å²) in [5, 5.41) is 11.2. The Morgan fingerprint density at radius 3 is 2.48 bits per heavy atom. The molecular formula is C17H20N2O4S2. The van der Waals surface area contributed by atoms with E-state index in [1.165, 1.54) is 0 Å². The molecule has 1 aromatic carbocycles. The second kappa shape index (κ2) is 7.55. The molecule has 0 saturated carbocycles. The first-order chi connectivity index (χ1) is 11.9. The first kappa shape index (κ1) is 17.9. The van der Waals surface area contributed by atoms with Gasteiger partial charge in [-0.05, 0) is 42.0 Å². The van der Waals surface area contributed by atoms with Crippen LogP contribution in [-0.4, -0.2) is 43.5 Å². The summed E-state index contributed by atoms with van der Waals surface area (Å²) in [6.45, 7) is 1.16. The third kappa shape index (κ3) is 4.59. The number of carbonyl (C=O) groups excluding carboxylic acids is 1. The minimum Gasteiger partial charge on any atom is -0.393 e. The maximum Gasteiger partial charge on any atom is 0.271 e. The molecule has 0 aliphatic carbocycles. The van der Waals surface area contributed by atoms with Crippen molar-refractivity contribution in [1.29, 1.82) is 0 Å². The number of hydrogen-bond acceptors (Lipinski definition) is 5. The molecule has 2 aromatic rings. The molecule has 0 atom stereocenters. The van der Waals surface area contributed by atoms with Gasteiger partial charge in [0.05, 0.1) is 12.5 Å². The third-order valence-corrected chi connectivity index (χ3v) is 6.92. The number of amides is 1. The van der Waals surface area contributed by atoms with E-state index in [0.717, 1.165) is 16.9 Å². The molecule has 2 heterocycles. The van der Waals surface area contributed by atoms with Gasteiger partial charge in [0.15, 0.2) is 0 Å². The van der Waals surface area contributed by atoms with Crippen molar-refractivity contribution in [3.63, 3.8) is 0 Å². The average Bonchev–Trinajstić information content (AvgIpc) is 3.12. The molecule has 8 heteroatoms. The summed E-state index contributed by atoms with van der Waals surface area (Å²) in [5.74, 6) is 0.0267. The van der Waals surface area contributed by atoms with Gasteiger partial charge in [-0.3, -0.25) is 9.52 Å². The summed E-state index contributed by atoms with van der Waals surface area (Å²) < 4.78 is 27.1. The monoisotopic (exact) mass is 380 g/mol. The Balaban J connectivity index is 1.60. The molecule has 0 spiro atoms. The molecule has 1 amide bonds. The fraction of sp³-hybridized carbons (Fsp3) is 0.353. The van der Waals surface area contributed by atoms with E-state index in [0.29, 0.717) is 31.6 Å². The van der Waals surface area contributed by atoms with Crippen molar-refractivity contribution in [2.45, 2.75) is 29.6 Å². The van der Waals surface area contributed by atoms with Crippen molar-refractivity contribution < 1.29 is 18.3 Å². The lowest BCUT2D eigenvalue weighted by molar-refractivity contribution is -0.132. The smallest absolute Gasteiger partial charge is 0.271 e. The maximum atomic E-state index is 12.3. The number of anilines is 1. The number of hydrogen-bond donors (Lipinski definition) is 2. The van der Waals surface area contributed by atoms with Crippen molar-refractivity contribution in [1.82, 2.24) is 4.90 Å². The minimum atomic E-state index is -3.56. The zero-order chi connectivity index (χ0) is 17.9. The fourth-order valence-electron chi connectivity index (χ4n) is 2.71. The van der Waals surface area contributed by atoms with Crippen LogP contribution in [-0.2, 0) is 21.2 Å². The van der Waals surface area contributed by atoms with E-state index in [1.807, 2.05) is 0 Å². The van der Waals surface area contributed by atoms with E-state index < -0.39 is 10.0 Å². The van der Waals surface area contributed by atoms with Gasteiger partial charge in [0.2, 0.25) is 5.91 Å². The number of aliphatic hydroxyl groups is 1. The van der Waals surface area contributed by atoms with Crippen LogP contribution in [0.4, 0.5) is 5.69 Å². The Morgan fingerprint density at radius 2 is 1.88 bits per heavy atom. The van der Waals surface area contributed by atoms with E-state index in [1.54, 1.807) is 46.7 Å². The fourth-order valence-corrected chi connectivity index (χ4v) is 4.77. The van der Waals surface area contributed by atoms with Crippen LogP contribution in [0.5, 0.6) is 0 Å². The highest BCUT2D eigenvalue weighted by molar-refractivity contribution is 7.94. The number of likely N-dealkylation sites (tertiary alicyclic amines) is 1. The van der Waals surface area contributed by atoms with Gasteiger partial charge in [0.1, 0.15) is 4.21 Å². The largest absolute Gasteiger partial charge is 0.393 e. The van der Waals surface area contributed by atoms with Crippen molar-refractivity contribution in [3.8, 4) is 0 Å². The van der Waals surface area contributed by atoms with Crippen LogP contribution in [0.1, 0.15) is 18.4 Å². The van der Waals surface area contributed by atoms with Crippen LogP contribution >= 0.6 is 11.3 Å². The molecule has 0 radical (unpaired) electrons. The second-order valence-electron chi connectivity index (χ2n) is 6.02. The first-order valence-electron chi connectivity index (χ1n) is 8.05. The Kier molecular flexibility index (Phi) is 5.41. The van der Waals surface area contributed by atoms with E-state index in [4.69, 9.17) is 0 Å². The standard InChI is InChI=1S/C17H20N2O4S2/c20-15-7-9-19(10-8-15)16(21)12-13-3-5-14(6-4-13)18-25(22,23)17-2-1-11-24-17/h1-6,11,15,18,20H,7-10,12H2. The number of nitrogens with zero attached hydrogens (tertiary/aromatic N) is 1. The van der Waals surface area contributed by atoms with Crippen molar-refractivity contribution in [3.05, 3.63) is 47.3 Å². The molecule has 3 rings (SSSR count). The lowest BCUT2D eigenvalue weighted by atomic mass is 10.1. The van der Waals surface area contributed by atoms with Gasteiger partial charge < -0.3 is 10.0 Å². The predicted molar refractivity (Wildman–Crippen MR) is 97.1 cm³/mol. The summed E-state index contributed by atoms with van der Waals surface area (Å²) in [6, 6.07) is 10.1. The normalized spacial score (nSPS) is 16.0. The highest BCUT2D eigenvalue weighted by Gasteiger charge is 2.21. The first-order valence-corrected chi connectivity index (χ1v) is 10.4. The van der Waals surface area contributed by atoms with Gasteiger partial charge in [-0.2, -0.15) is 0 Å². The number of piperidine rings is 1. The summed E-state index contributed by atoms with van der Waals surface area (Å²) in [7, 11) is -3.56. The minimum absolute atomic E-state index is 0.0267. The van der Waals surface area contributed by atoms with Gasteiger partial charge in [0.25, 0.3) is 10.0 Å². The van der Waals surface area contributed by atoms with Crippen LogP contribution in [0, 0.1) is 0 Å². The Morgan fingerprint density at radius 1 is 1.20 bits per heavy atom. The number of carbonyl (C=O) groups is 1. The van der Waals surface area contributed by atoms with Crippen LogP contribution in [0.2, 0.25) is 0 Å². The van der Waals surface area contributed by atoms with E-state index in [9.17, 15) is 18.3 Å². The molecule has 25 heavy (non-hydrogen) atoms. The SMILES string of the molecule is O=C(Cc1ccc(NS(=O)(=O)c2cccs2)cc1)N1CCC(O)CC1. The summed E-state index contributed by atoms with van der Waals surface area (Å²) in [4.78, 5) is 14.0. The van der Waals surface area contributed by atoms with Crippen LogP contribution < -0.4 is 4.72 Å². The lowest BCUT2D eigenvalue weighted by Crippen LogP contribution is -2.40. The molecule has 2 N–H and O–H groups in total. The number of benzene rings is 1. The van der Waals surface area contributed by atoms with Gasteiger partial charge in [-0.15, -0.1) is 11.3 Å². The predicted octanol–water partition coefficient (Wildman–Crippen LogP) is 2.07. The molecule has 1 aromatic heterocycles. The quantitative estimate of drug-likeness (QED) is 0.831. The third-order valence-electron chi connectivity index (χ3n) is 4.14. The van der Waals surface area contributed by atoms with Crippen molar-refractivity contribution in [2.24, 2.45) is 0 Å². The Hall–Kier alpha value is -1.90. The number of aliphatic hydroxyl groups excluding tert-OH is 1. The molecule has 1 aliphatic heterocycles. The second-order valence-corrected chi connectivity index (χ2v) is 8.88. The maximum absolute atomic E-state index is 12.3. The number of sulfonamides is 1. The number of nitrogens with one attached hydrogen (secondary N) is 1. The average molecular weight is 380 g/mol. The summed E-state index contributed by atoms with van der Waals surface area (Å²) >= 11 is 1.16. The van der Waals surface area contributed by atoms with Gasteiger partial charge >= 0.3 is 0 Å². The van der Waals surface area contributed by atoms with Crippen LogP contribution in [0.15, 0.2) is 46.0 Å². The zero-order valence-corrected chi connectivity index (χ0v) is 15.2. The molecule has 6 nitrogen and oxygen atoms in total. The van der Waals surface area contributed by atoms with Gasteiger partial charge in [0, 0.05) is 18.8 Å². The Bertz CT molecular complexity index is 809. The van der Waals surface area contributed by atoms with Crippen molar-refractivity contribution in [2.75, 3.05) is 17.8 Å².